The van der Waals surface area contributed by atoms with Crippen LogP contribution in [0.1, 0.15) is 105 Å². The van der Waals surface area contributed by atoms with Gasteiger partial charge in [-0.05, 0) is 121 Å². The lowest BCUT2D eigenvalue weighted by molar-refractivity contribution is -0.249. The van der Waals surface area contributed by atoms with Crippen molar-refractivity contribution in [2.45, 2.75) is 112 Å². The van der Waals surface area contributed by atoms with E-state index in [0.29, 0.717) is 17.9 Å². The number of carbonyl (C=O) groups excluding carboxylic acids is 2. The Morgan fingerprint density at radius 2 is 1.60 bits per heavy atom. The average Bonchev–Trinajstić information content (AvgIpc) is 3.08. The maximum atomic E-state index is 13.6. The monoisotopic (exact) mass is 692 g/mol. The molecular weight excluding hydrogens is 632 g/mol. The summed E-state index contributed by atoms with van der Waals surface area (Å²) in [6.07, 6.45) is 11.6. The molecule has 0 spiro atoms. The minimum Gasteiger partial charge on any atom is -0.493 e. The molecule has 2 N–H and O–H groups in total. The van der Waals surface area contributed by atoms with Crippen molar-refractivity contribution in [3.63, 3.8) is 0 Å². The SMILES string of the molecule is COC(=O)C12CCC(C)(C)CC1C1=CCC3C4(C)CC(O)C(OC(=O)C=Cc5ccc(OC)c(OC)c5)C(C)(CO)C4CCC3(C)C1(C)CC2. The number of hydrogen-bond donors (Lipinski definition) is 2. The first kappa shape index (κ1) is 36.9. The molecule has 6 rings (SSSR count). The molecule has 5 aliphatic rings. The Balaban J connectivity index is 1.29. The minimum atomic E-state index is -0.926. The average molecular weight is 693 g/mol. The number of rotatable bonds is 7. The standard InChI is InChI=1S/C42H60O8/c1-37(2)18-20-42(36(46)49-9)21-19-40(5)27(28(42)23-37)12-14-33-38(3)24-29(44)35(39(4,25-43)32(38)16-17-41(33,40)6)50-34(45)15-11-26-10-13-30(47-7)31(22-26)48-8/h10-13,15,22,28-29,32-33,35,43-44H,14,16-21,23-25H2,1-9H3. The number of aliphatic hydroxyl groups excluding tert-OH is 2. The van der Waals surface area contributed by atoms with Gasteiger partial charge < -0.3 is 29.2 Å². The largest absolute Gasteiger partial charge is 0.493 e. The van der Waals surface area contributed by atoms with Gasteiger partial charge in [0.05, 0.1) is 39.5 Å². The molecule has 10 unspecified atom stereocenters. The van der Waals surface area contributed by atoms with Gasteiger partial charge in [-0.15, -0.1) is 0 Å². The highest BCUT2D eigenvalue weighted by molar-refractivity contribution is 5.87. The summed E-state index contributed by atoms with van der Waals surface area (Å²) in [5.74, 6) is 1.01. The molecule has 10 atom stereocenters. The highest BCUT2D eigenvalue weighted by atomic mass is 16.6. The molecule has 8 nitrogen and oxygen atoms in total. The molecule has 4 fully saturated rings. The molecule has 0 aliphatic heterocycles. The molecular formula is C42H60O8. The number of esters is 2. The van der Waals surface area contributed by atoms with Crippen LogP contribution in [-0.2, 0) is 19.1 Å². The van der Waals surface area contributed by atoms with Crippen LogP contribution in [0.4, 0.5) is 0 Å². The lowest BCUT2D eigenvalue weighted by Gasteiger charge is -2.71. The molecule has 4 saturated carbocycles. The topological polar surface area (TPSA) is 112 Å². The first-order chi connectivity index (χ1) is 23.5. The lowest BCUT2D eigenvalue weighted by atomic mass is 9.33. The second kappa shape index (κ2) is 12.7. The van der Waals surface area contributed by atoms with Gasteiger partial charge in [0, 0.05) is 11.5 Å². The predicted molar refractivity (Wildman–Crippen MR) is 192 cm³/mol. The summed E-state index contributed by atoms with van der Waals surface area (Å²) in [5.41, 5.74) is 0.615. The van der Waals surface area contributed by atoms with E-state index in [4.69, 9.17) is 18.9 Å². The van der Waals surface area contributed by atoms with Crippen molar-refractivity contribution in [3.05, 3.63) is 41.5 Å². The molecule has 0 amide bonds. The lowest BCUT2D eigenvalue weighted by Crippen LogP contribution is -2.68. The summed E-state index contributed by atoms with van der Waals surface area (Å²) in [7, 11) is 4.68. The zero-order chi connectivity index (χ0) is 36.5. The van der Waals surface area contributed by atoms with Gasteiger partial charge in [0.25, 0.3) is 0 Å². The summed E-state index contributed by atoms with van der Waals surface area (Å²) in [4.78, 5) is 26.9. The number of allylic oxidation sites excluding steroid dienone is 2. The third kappa shape index (κ3) is 5.36. The molecule has 50 heavy (non-hydrogen) atoms. The Morgan fingerprint density at radius 1 is 0.900 bits per heavy atom. The van der Waals surface area contributed by atoms with E-state index in [2.05, 4.69) is 40.7 Å². The van der Waals surface area contributed by atoms with Crippen LogP contribution in [0, 0.1) is 50.2 Å². The molecule has 0 bridgehead atoms. The highest BCUT2D eigenvalue weighted by Crippen LogP contribution is 2.76. The number of aliphatic hydroxyl groups is 2. The zero-order valence-corrected chi connectivity index (χ0v) is 31.8. The molecule has 0 heterocycles. The van der Waals surface area contributed by atoms with E-state index >= 15 is 0 Å². The van der Waals surface area contributed by atoms with E-state index in [1.54, 1.807) is 39.5 Å². The Morgan fingerprint density at radius 3 is 2.26 bits per heavy atom. The first-order valence-electron chi connectivity index (χ1n) is 18.7. The maximum Gasteiger partial charge on any atom is 0.331 e. The molecule has 0 radical (unpaired) electrons. The van der Waals surface area contributed by atoms with Crippen molar-refractivity contribution in [3.8, 4) is 11.5 Å². The van der Waals surface area contributed by atoms with Gasteiger partial charge in [0.2, 0.25) is 0 Å². The normalized spacial score (nSPS) is 41.8. The van der Waals surface area contributed by atoms with E-state index in [-0.39, 0.29) is 52.0 Å². The van der Waals surface area contributed by atoms with Gasteiger partial charge in [-0.3, -0.25) is 4.79 Å². The van der Waals surface area contributed by atoms with E-state index in [0.717, 1.165) is 56.9 Å². The van der Waals surface area contributed by atoms with Gasteiger partial charge in [0.1, 0.15) is 6.10 Å². The molecule has 1 aromatic carbocycles. The van der Waals surface area contributed by atoms with Crippen LogP contribution >= 0.6 is 0 Å². The quantitative estimate of drug-likeness (QED) is 0.171. The van der Waals surface area contributed by atoms with Crippen LogP contribution in [0.25, 0.3) is 6.08 Å². The number of methoxy groups -OCH3 is 3. The van der Waals surface area contributed by atoms with Gasteiger partial charge in [0.15, 0.2) is 11.5 Å². The minimum absolute atomic E-state index is 0.0408. The van der Waals surface area contributed by atoms with Crippen LogP contribution in [0.2, 0.25) is 0 Å². The van der Waals surface area contributed by atoms with Crippen molar-refractivity contribution in [2.24, 2.45) is 50.2 Å². The fourth-order valence-corrected chi connectivity index (χ4v) is 12.4. The highest BCUT2D eigenvalue weighted by Gasteiger charge is 2.71. The van der Waals surface area contributed by atoms with E-state index in [1.807, 2.05) is 13.0 Å². The van der Waals surface area contributed by atoms with E-state index in [1.165, 1.54) is 11.6 Å². The molecule has 276 valence electrons. The second-order valence-electron chi connectivity index (χ2n) is 18.1. The maximum absolute atomic E-state index is 13.6. The Labute approximate surface area is 299 Å². The third-order valence-corrected chi connectivity index (χ3v) is 15.3. The first-order valence-corrected chi connectivity index (χ1v) is 18.7. The van der Waals surface area contributed by atoms with Crippen molar-refractivity contribution in [1.82, 2.24) is 0 Å². The van der Waals surface area contributed by atoms with Crippen molar-refractivity contribution >= 4 is 18.0 Å². The fraction of sp³-hybridized carbons (Fsp3) is 0.714. The molecule has 0 aromatic heterocycles. The molecule has 1 aromatic rings. The summed E-state index contributed by atoms with van der Waals surface area (Å²) in [6.45, 7) is 13.7. The van der Waals surface area contributed by atoms with Crippen molar-refractivity contribution < 1.29 is 38.7 Å². The number of carbonyl (C=O) groups is 2. The van der Waals surface area contributed by atoms with Crippen LogP contribution < -0.4 is 9.47 Å². The van der Waals surface area contributed by atoms with E-state index in [9.17, 15) is 19.8 Å². The third-order valence-electron chi connectivity index (χ3n) is 15.3. The second-order valence-corrected chi connectivity index (χ2v) is 18.1. The van der Waals surface area contributed by atoms with E-state index < -0.39 is 29.0 Å². The number of benzene rings is 1. The number of hydrogen-bond acceptors (Lipinski definition) is 8. The molecule has 5 aliphatic carbocycles. The van der Waals surface area contributed by atoms with Crippen molar-refractivity contribution in [1.29, 1.82) is 0 Å². The summed E-state index contributed by atoms with van der Waals surface area (Å²) >= 11 is 0. The molecule has 8 heteroatoms. The van der Waals surface area contributed by atoms with Gasteiger partial charge >= 0.3 is 11.9 Å². The van der Waals surface area contributed by atoms with Crippen LogP contribution in [0.15, 0.2) is 35.9 Å². The summed E-state index contributed by atoms with van der Waals surface area (Å²) < 4.78 is 22.3. The number of fused-ring (bicyclic) bond motifs is 7. The van der Waals surface area contributed by atoms with Crippen molar-refractivity contribution in [2.75, 3.05) is 27.9 Å². The Bertz CT molecular complexity index is 1560. The predicted octanol–water partition coefficient (Wildman–Crippen LogP) is 7.55. The summed E-state index contributed by atoms with van der Waals surface area (Å²) in [6, 6.07) is 5.38. The van der Waals surface area contributed by atoms with Crippen LogP contribution in [0.3, 0.4) is 0 Å². The van der Waals surface area contributed by atoms with Gasteiger partial charge in [-0.1, -0.05) is 59.3 Å². The zero-order valence-electron chi connectivity index (χ0n) is 31.8. The summed E-state index contributed by atoms with van der Waals surface area (Å²) in [5, 5.41) is 23.0. The van der Waals surface area contributed by atoms with Crippen LogP contribution in [-0.4, -0.2) is 62.3 Å². The number of ether oxygens (including phenoxy) is 4. The molecule has 0 saturated heterocycles. The fourth-order valence-electron chi connectivity index (χ4n) is 12.4. The van der Waals surface area contributed by atoms with Gasteiger partial charge in [-0.25, -0.2) is 4.79 Å². The smallest absolute Gasteiger partial charge is 0.331 e. The van der Waals surface area contributed by atoms with Crippen LogP contribution in [0.5, 0.6) is 11.5 Å². The van der Waals surface area contributed by atoms with Gasteiger partial charge in [-0.2, -0.15) is 0 Å². The Kier molecular flexibility index (Phi) is 9.37. The Hall–Kier alpha value is -2.84.